The number of hydrogen-bond donors (Lipinski definition) is 0. The van der Waals surface area contributed by atoms with E-state index in [2.05, 4.69) is 39.2 Å². The Kier molecular flexibility index (Phi) is 10.7. The summed E-state index contributed by atoms with van der Waals surface area (Å²) in [5.41, 5.74) is 2.69. The van der Waals surface area contributed by atoms with Crippen molar-refractivity contribution < 1.29 is 47.9 Å². The molecule has 3 aromatic rings. The van der Waals surface area contributed by atoms with Crippen LogP contribution in [-0.4, -0.2) is 51.2 Å². The van der Waals surface area contributed by atoms with Gasteiger partial charge in [-0.05, 0) is 86.6 Å². The van der Waals surface area contributed by atoms with E-state index >= 15 is 0 Å². The van der Waals surface area contributed by atoms with Gasteiger partial charge in [-0.3, -0.25) is 0 Å². The topological polar surface area (TPSA) is 86.8 Å². The fourth-order valence-electron chi connectivity index (χ4n) is 3.80. The molecule has 244 valence electrons. The van der Waals surface area contributed by atoms with Gasteiger partial charge in [0.2, 0.25) is 0 Å². The Balaban J connectivity index is 1.62. The van der Waals surface area contributed by atoms with E-state index in [1.165, 1.54) is 0 Å². The van der Waals surface area contributed by atoms with E-state index in [-0.39, 0.29) is 5.69 Å². The lowest BCUT2D eigenvalue weighted by Gasteiger charge is -2.33. The van der Waals surface area contributed by atoms with Crippen LogP contribution in [0.1, 0.15) is 20.3 Å². The van der Waals surface area contributed by atoms with Crippen LogP contribution in [0.5, 0.6) is 0 Å². The smallest absolute Gasteiger partial charge is 0.372 e. The predicted octanol–water partition coefficient (Wildman–Crippen LogP) is 10.00. The van der Waals surface area contributed by atoms with Crippen LogP contribution in [0.15, 0.2) is 98.1 Å². The van der Waals surface area contributed by atoms with Crippen LogP contribution in [0.2, 0.25) is 0 Å². The first-order chi connectivity index (χ1) is 20.8. The zero-order valence-corrected chi connectivity index (χ0v) is 24.4. The molecule has 7 nitrogen and oxygen atoms in total. The van der Waals surface area contributed by atoms with E-state index < -0.39 is 50.9 Å². The van der Waals surface area contributed by atoms with Crippen LogP contribution in [0.3, 0.4) is 0 Å². The molecule has 0 aliphatic heterocycles. The molecule has 3 aromatic carbocycles. The van der Waals surface area contributed by atoms with Crippen LogP contribution in [0, 0.1) is 0 Å². The van der Waals surface area contributed by atoms with Crippen LogP contribution >= 0.6 is 0 Å². The molecular weight excluding hydrogens is 641 g/mol. The maximum Gasteiger partial charge on any atom is 0.460 e. The van der Waals surface area contributed by atoms with E-state index in [1.807, 2.05) is 24.3 Å². The molecule has 0 aliphatic rings. The second kappa shape index (κ2) is 13.5. The van der Waals surface area contributed by atoms with E-state index in [9.17, 15) is 47.9 Å². The van der Waals surface area contributed by atoms with Gasteiger partial charge in [-0.25, -0.2) is 8.42 Å². The quantitative estimate of drug-likeness (QED) is 0.134. The predicted molar refractivity (Wildman–Crippen MR) is 149 cm³/mol. The molecule has 0 fully saturated rings. The molecule has 0 aliphatic carbocycles. The number of anilines is 1. The molecule has 0 saturated heterocycles. The Morgan fingerprint density at radius 2 is 0.933 bits per heavy atom. The first kappa shape index (κ1) is 35.5. The van der Waals surface area contributed by atoms with Gasteiger partial charge >= 0.3 is 23.9 Å². The maximum absolute atomic E-state index is 13.8. The highest BCUT2D eigenvalue weighted by Crippen LogP contribution is 2.54. The number of benzene rings is 3. The highest BCUT2D eigenvalue weighted by molar-refractivity contribution is 7.91. The molecule has 0 saturated carbocycles. The standard InChI is InChI=1S/C28H26F9N5O2S/c1-3-42(4-2)23-13-9-21(10-14-23)40-38-19-5-7-20(8-6-19)39-41-22-11-15-24(16-12-22)45(43,44)18-17-25(29,30)26(31,32)27(33,34)28(35,36)37/h5-16H,3-4,17-18H2,1-2H3. The highest BCUT2D eigenvalue weighted by atomic mass is 32.2. The van der Waals surface area contributed by atoms with Gasteiger partial charge in [0.15, 0.2) is 9.84 Å². The van der Waals surface area contributed by atoms with E-state index in [0.29, 0.717) is 17.1 Å². The minimum Gasteiger partial charge on any atom is -0.372 e. The van der Waals surface area contributed by atoms with Gasteiger partial charge < -0.3 is 4.90 Å². The average molecular weight is 668 g/mol. The van der Waals surface area contributed by atoms with Gasteiger partial charge in [-0.1, -0.05) is 0 Å². The zero-order chi connectivity index (χ0) is 33.7. The molecule has 17 heteroatoms. The van der Waals surface area contributed by atoms with E-state index in [0.717, 1.165) is 43.0 Å². The molecule has 3 rings (SSSR count). The second-order valence-corrected chi connectivity index (χ2v) is 11.6. The van der Waals surface area contributed by atoms with Crippen molar-refractivity contribution in [2.45, 2.75) is 49.1 Å². The van der Waals surface area contributed by atoms with Crippen molar-refractivity contribution in [3.63, 3.8) is 0 Å². The van der Waals surface area contributed by atoms with Gasteiger partial charge in [0.05, 0.1) is 33.4 Å². The number of rotatable bonds is 13. The highest BCUT2D eigenvalue weighted by Gasteiger charge is 2.81. The lowest BCUT2D eigenvalue weighted by atomic mass is 10.0. The van der Waals surface area contributed by atoms with Crippen LogP contribution in [-0.2, 0) is 9.84 Å². The van der Waals surface area contributed by atoms with Crippen LogP contribution in [0.4, 0.5) is 68.0 Å². The molecule has 45 heavy (non-hydrogen) atoms. The van der Waals surface area contributed by atoms with Crippen molar-refractivity contribution >= 4 is 38.3 Å². The first-order valence-electron chi connectivity index (χ1n) is 13.2. The second-order valence-electron chi connectivity index (χ2n) is 9.52. The first-order valence-corrected chi connectivity index (χ1v) is 14.8. The van der Waals surface area contributed by atoms with Crippen molar-refractivity contribution in [2.75, 3.05) is 23.7 Å². The summed E-state index contributed by atoms with van der Waals surface area (Å²) >= 11 is 0. The summed E-state index contributed by atoms with van der Waals surface area (Å²) in [4.78, 5) is 1.50. The molecule has 0 unspecified atom stereocenters. The third-order valence-corrected chi connectivity index (χ3v) is 8.21. The fourth-order valence-corrected chi connectivity index (χ4v) is 5.11. The third-order valence-electron chi connectivity index (χ3n) is 6.48. The number of halogens is 9. The largest absolute Gasteiger partial charge is 0.460 e. The summed E-state index contributed by atoms with van der Waals surface area (Å²) in [5.74, 6) is -21.8. The van der Waals surface area contributed by atoms with Crippen molar-refractivity contribution in [1.29, 1.82) is 0 Å². The Labute approximate surface area is 252 Å². The molecule has 0 amide bonds. The third kappa shape index (κ3) is 8.18. The summed E-state index contributed by atoms with van der Waals surface area (Å²) in [6, 6.07) is 17.8. The van der Waals surface area contributed by atoms with E-state index in [4.69, 9.17) is 0 Å². The number of sulfone groups is 1. The van der Waals surface area contributed by atoms with Crippen molar-refractivity contribution in [3.05, 3.63) is 72.8 Å². The number of azo groups is 2. The number of alkyl halides is 9. The molecule has 0 bridgehead atoms. The zero-order valence-electron chi connectivity index (χ0n) is 23.6. The lowest BCUT2D eigenvalue weighted by Crippen LogP contribution is -2.61. The maximum atomic E-state index is 13.8. The van der Waals surface area contributed by atoms with Gasteiger partial charge in [0, 0.05) is 25.2 Å². The van der Waals surface area contributed by atoms with E-state index in [1.54, 1.807) is 24.3 Å². The molecular formula is C28H26F9N5O2S. The summed E-state index contributed by atoms with van der Waals surface area (Å²) < 4.78 is 142. The summed E-state index contributed by atoms with van der Waals surface area (Å²) in [6.07, 6.45) is -9.48. The Morgan fingerprint density at radius 3 is 1.29 bits per heavy atom. The average Bonchev–Trinajstić information content (AvgIpc) is 2.99. The Bertz CT molecular complexity index is 1590. The molecule has 0 atom stereocenters. The lowest BCUT2D eigenvalue weighted by molar-refractivity contribution is -0.396. The number of nitrogens with zero attached hydrogens (tertiary/aromatic N) is 5. The Morgan fingerprint density at radius 1 is 0.578 bits per heavy atom. The SMILES string of the molecule is CCN(CC)c1ccc(N=Nc2ccc(N=Nc3ccc(S(=O)(=O)CCC(F)(F)C(F)(F)C(F)(F)C(F)(F)F)cc3)cc2)cc1. The summed E-state index contributed by atoms with van der Waals surface area (Å²) in [6.45, 7) is 5.86. The Hall–Kier alpha value is -4.02. The number of hydrogen-bond acceptors (Lipinski definition) is 7. The molecule has 0 spiro atoms. The minimum atomic E-state index is -7.09. The van der Waals surface area contributed by atoms with Gasteiger partial charge in [-0.2, -0.15) is 60.0 Å². The van der Waals surface area contributed by atoms with Gasteiger partial charge in [0.25, 0.3) is 0 Å². The molecule has 0 N–H and O–H groups in total. The molecule has 0 heterocycles. The molecule has 0 radical (unpaired) electrons. The van der Waals surface area contributed by atoms with Gasteiger partial charge in [-0.15, -0.1) is 0 Å². The monoisotopic (exact) mass is 667 g/mol. The van der Waals surface area contributed by atoms with Gasteiger partial charge in [0.1, 0.15) is 0 Å². The molecule has 0 aromatic heterocycles. The fraction of sp³-hybridized carbons (Fsp3) is 0.357. The summed E-state index contributed by atoms with van der Waals surface area (Å²) in [7, 11) is -4.79. The van der Waals surface area contributed by atoms with Crippen LogP contribution in [0.25, 0.3) is 0 Å². The summed E-state index contributed by atoms with van der Waals surface area (Å²) in [5, 5.41) is 16.2. The van der Waals surface area contributed by atoms with Crippen LogP contribution < -0.4 is 4.90 Å². The normalized spacial score (nSPS) is 13.6. The van der Waals surface area contributed by atoms with Crippen molar-refractivity contribution in [3.8, 4) is 0 Å². The minimum absolute atomic E-state index is 0.0903. The van der Waals surface area contributed by atoms with Crippen molar-refractivity contribution in [2.24, 2.45) is 20.5 Å². The van der Waals surface area contributed by atoms with Crippen molar-refractivity contribution in [1.82, 2.24) is 0 Å².